The van der Waals surface area contributed by atoms with Gasteiger partial charge >= 0.3 is 6.85 Å². The lowest BCUT2D eigenvalue weighted by molar-refractivity contribution is 0.660. The van der Waals surface area contributed by atoms with Gasteiger partial charge in [0.2, 0.25) is 0 Å². The van der Waals surface area contributed by atoms with Gasteiger partial charge in [-0.1, -0.05) is 150 Å². The fourth-order valence-electron chi connectivity index (χ4n) is 10.6. The summed E-state index contributed by atoms with van der Waals surface area (Å²) in [5, 5.41) is 1.32. The highest BCUT2D eigenvalue weighted by Gasteiger charge is 2.49. The number of anilines is 5. The maximum Gasteiger partial charge on any atom is 0.343 e. The molecular formula is C55H49BN2S. The van der Waals surface area contributed by atoms with Gasteiger partial charge in [-0.3, -0.25) is 0 Å². The Morgan fingerprint density at radius 3 is 2.03 bits per heavy atom. The van der Waals surface area contributed by atoms with Crippen LogP contribution in [0.4, 0.5) is 28.4 Å². The van der Waals surface area contributed by atoms with Gasteiger partial charge in [0.25, 0.3) is 0 Å². The van der Waals surface area contributed by atoms with Crippen molar-refractivity contribution in [3.8, 4) is 33.4 Å². The number of benzene rings is 7. The van der Waals surface area contributed by atoms with Crippen molar-refractivity contribution in [2.75, 3.05) is 9.71 Å². The number of nitrogens with zero attached hydrogens (tertiary/aromatic N) is 2. The highest BCUT2D eigenvalue weighted by atomic mass is 32.1. The molecule has 2 nitrogen and oxygen atoms in total. The van der Waals surface area contributed by atoms with Crippen molar-refractivity contribution in [2.45, 2.75) is 71.6 Å². The van der Waals surface area contributed by atoms with Crippen LogP contribution in [0.3, 0.4) is 0 Å². The van der Waals surface area contributed by atoms with Crippen LogP contribution in [0.25, 0.3) is 43.5 Å². The Labute approximate surface area is 353 Å². The van der Waals surface area contributed by atoms with Gasteiger partial charge in [-0.2, -0.15) is 0 Å². The van der Waals surface area contributed by atoms with E-state index in [0.717, 1.165) is 25.7 Å². The van der Waals surface area contributed by atoms with E-state index in [2.05, 4.69) is 189 Å². The summed E-state index contributed by atoms with van der Waals surface area (Å²) in [7, 11) is 0. The molecule has 0 amide bonds. The Bertz CT molecular complexity index is 2910. The number of aryl methyl sites for hydroxylation is 2. The van der Waals surface area contributed by atoms with Crippen LogP contribution in [-0.4, -0.2) is 6.85 Å². The number of hydrogen-bond acceptors (Lipinski definition) is 3. The van der Waals surface area contributed by atoms with E-state index in [1.54, 1.807) is 0 Å². The van der Waals surface area contributed by atoms with Crippen LogP contribution in [0.15, 0.2) is 152 Å². The molecule has 8 aromatic rings. The molecule has 2 aliphatic heterocycles. The Balaban J connectivity index is 1.29. The average molecular weight is 781 g/mol. The first-order chi connectivity index (χ1) is 29.0. The lowest BCUT2D eigenvalue weighted by atomic mass is 9.46. The molecule has 0 unspecified atom stereocenters. The molecule has 59 heavy (non-hydrogen) atoms. The van der Waals surface area contributed by atoms with E-state index in [1.165, 1.54) is 117 Å². The Hall–Kier alpha value is -5.84. The van der Waals surface area contributed by atoms with Gasteiger partial charge in [-0.25, -0.2) is 0 Å². The molecule has 0 bridgehead atoms. The number of hydrogen-bond donors (Lipinski definition) is 0. The summed E-state index contributed by atoms with van der Waals surface area (Å²) in [5.74, 6) is 0. The first-order valence-corrected chi connectivity index (χ1v) is 22.6. The number of thiophene rings is 1. The van der Waals surface area contributed by atoms with E-state index in [4.69, 9.17) is 0 Å². The minimum atomic E-state index is -0.107. The Morgan fingerprint density at radius 1 is 0.559 bits per heavy atom. The van der Waals surface area contributed by atoms with Crippen molar-refractivity contribution in [3.05, 3.63) is 174 Å². The summed E-state index contributed by atoms with van der Waals surface area (Å²) < 4.78 is 2.72. The van der Waals surface area contributed by atoms with Gasteiger partial charge in [0.05, 0.1) is 11.4 Å². The normalized spacial score (nSPS) is 14.2. The molecule has 0 fully saturated rings. The summed E-state index contributed by atoms with van der Waals surface area (Å²) in [6, 6.07) is 58.0. The lowest BCUT2D eigenvalue weighted by Crippen LogP contribution is -2.60. The quantitative estimate of drug-likeness (QED) is 0.135. The van der Waals surface area contributed by atoms with Gasteiger partial charge in [0, 0.05) is 48.5 Å². The topological polar surface area (TPSA) is 6.48 Å². The van der Waals surface area contributed by atoms with Gasteiger partial charge in [-0.05, 0) is 118 Å². The zero-order valence-electron chi connectivity index (χ0n) is 34.6. The molecule has 11 rings (SSSR count). The van der Waals surface area contributed by atoms with E-state index < -0.39 is 0 Å². The van der Waals surface area contributed by atoms with Crippen molar-refractivity contribution in [3.63, 3.8) is 0 Å². The second-order valence-corrected chi connectivity index (χ2v) is 18.4. The summed E-state index contributed by atoms with van der Waals surface area (Å²) >= 11 is 1.97. The minimum Gasteiger partial charge on any atom is -0.376 e. The van der Waals surface area contributed by atoms with E-state index in [-0.39, 0.29) is 12.3 Å². The first kappa shape index (κ1) is 36.3. The molecule has 4 heteroatoms. The van der Waals surface area contributed by atoms with Crippen LogP contribution in [-0.2, 0) is 18.3 Å². The molecule has 0 radical (unpaired) electrons. The first-order valence-electron chi connectivity index (χ1n) is 21.8. The Kier molecular flexibility index (Phi) is 8.71. The van der Waals surface area contributed by atoms with Crippen LogP contribution >= 0.6 is 11.3 Å². The average Bonchev–Trinajstić information content (AvgIpc) is 3.77. The fraction of sp³-hybridized carbons (Fsp3) is 0.200. The molecule has 0 atom stereocenters. The zero-order valence-corrected chi connectivity index (χ0v) is 35.4. The fourth-order valence-corrected chi connectivity index (χ4v) is 11.8. The van der Waals surface area contributed by atoms with Crippen LogP contribution < -0.4 is 20.0 Å². The molecule has 3 aliphatic rings. The van der Waals surface area contributed by atoms with Gasteiger partial charge in [0.15, 0.2) is 0 Å². The molecule has 1 aliphatic carbocycles. The highest BCUT2D eigenvalue weighted by Crippen LogP contribution is 2.58. The zero-order chi connectivity index (χ0) is 39.8. The van der Waals surface area contributed by atoms with Gasteiger partial charge in [-0.15, -0.1) is 11.3 Å². The van der Waals surface area contributed by atoms with Gasteiger partial charge in [0.1, 0.15) is 0 Å². The Morgan fingerprint density at radius 2 is 1.24 bits per heavy atom. The van der Waals surface area contributed by atoms with Crippen molar-refractivity contribution in [1.29, 1.82) is 0 Å². The van der Waals surface area contributed by atoms with Crippen molar-refractivity contribution in [2.24, 2.45) is 0 Å². The second kappa shape index (κ2) is 14.2. The minimum absolute atomic E-state index is 0.00881. The molecular weight excluding hydrogens is 731 g/mol. The third kappa shape index (κ3) is 5.52. The van der Waals surface area contributed by atoms with E-state index >= 15 is 0 Å². The van der Waals surface area contributed by atoms with Crippen LogP contribution in [0.5, 0.6) is 0 Å². The van der Waals surface area contributed by atoms with Crippen LogP contribution in [0, 0.1) is 0 Å². The second-order valence-electron chi connectivity index (χ2n) is 17.3. The van der Waals surface area contributed by atoms with Crippen molar-refractivity contribution in [1.82, 2.24) is 0 Å². The monoisotopic (exact) mass is 780 g/mol. The highest BCUT2D eigenvalue weighted by molar-refractivity contribution is 7.32. The molecule has 3 heterocycles. The van der Waals surface area contributed by atoms with Crippen molar-refractivity contribution >= 4 is 66.9 Å². The molecule has 0 N–H and O–H groups in total. The predicted octanol–water partition coefficient (Wildman–Crippen LogP) is 14.3. The van der Waals surface area contributed by atoms with Crippen LogP contribution in [0.1, 0.15) is 75.6 Å². The molecule has 1 aromatic heterocycles. The molecule has 0 saturated heterocycles. The SMILES string of the molecule is CCCCc1ccc(N2c3cc(CCCC)cc4c3B(c3sc5ccccc5c32)N(c2ccccc2)c2ccc3c(c2-4)-c2ccccc2C3(C)C)c(-c2ccccc2)c1. The summed E-state index contributed by atoms with van der Waals surface area (Å²) in [4.78, 5) is 5.39. The number of unbranched alkanes of at least 4 members (excludes halogenated alkanes) is 2. The third-order valence-electron chi connectivity index (χ3n) is 13.4. The maximum absolute atomic E-state index is 2.69. The van der Waals surface area contributed by atoms with Crippen molar-refractivity contribution < 1.29 is 0 Å². The standard InChI is InChI=1S/C55H49BN2S/c1-5-7-19-36-29-31-46(42(33-36)38-21-11-9-12-22-38)57-48-35-37(20-8-6-2)34-43-51-47(32-30-45-50(51)40-25-15-17-27-44(40)55(45,3)4)58(39-23-13-10-14-24-39)56(52(43)48)54-53(57)41-26-16-18-28-49(41)59-54/h9-18,21-35H,5-8,19-20H2,1-4H3. The lowest BCUT2D eigenvalue weighted by Gasteiger charge is -2.45. The molecule has 288 valence electrons. The summed E-state index contributed by atoms with van der Waals surface area (Å²) in [6.45, 7) is 9.43. The smallest absolute Gasteiger partial charge is 0.343 e. The molecule has 0 spiro atoms. The van der Waals surface area contributed by atoms with E-state index in [0.29, 0.717) is 0 Å². The number of rotatable bonds is 9. The van der Waals surface area contributed by atoms with Gasteiger partial charge < -0.3 is 9.71 Å². The molecule has 7 aromatic carbocycles. The summed E-state index contributed by atoms with van der Waals surface area (Å²) in [6.07, 6.45) is 6.81. The predicted molar refractivity (Wildman–Crippen MR) is 256 cm³/mol. The number of para-hydroxylation sites is 1. The van der Waals surface area contributed by atoms with E-state index in [1.807, 2.05) is 11.3 Å². The summed E-state index contributed by atoms with van der Waals surface area (Å²) in [5.41, 5.74) is 21.4. The van der Waals surface area contributed by atoms with Crippen LogP contribution in [0.2, 0.25) is 0 Å². The number of fused-ring (bicyclic) bond motifs is 10. The maximum atomic E-state index is 2.69. The van der Waals surface area contributed by atoms with E-state index in [9.17, 15) is 0 Å². The molecule has 0 saturated carbocycles. The third-order valence-corrected chi connectivity index (χ3v) is 14.6. The largest absolute Gasteiger partial charge is 0.376 e.